The van der Waals surface area contributed by atoms with E-state index in [9.17, 15) is 9.59 Å². The summed E-state index contributed by atoms with van der Waals surface area (Å²) >= 11 is 0. The normalized spacial score (nSPS) is 17.9. The van der Waals surface area contributed by atoms with Crippen LogP contribution in [0.1, 0.15) is 17.5 Å². The molecule has 22 heavy (non-hydrogen) atoms. The molecule has 2 amide bonds. The molecule has 1 fully saturated rings. The van der Waals surface area contributed by atoms with Gasteiger partial charge < -0.3 is 5.32 Å². The smallest absolute Gasteiger partial charge is 0.256 e. The summed E-state index contributed by atoms with van der Waals surface area (Å²) in [6.07, 6.45) is 0.182. The van der Waals surface area contributed by atoms with Crippen molar-refractivity contribution in [3.8, 4) is 0 Å². The molecular formula is C18H18N2O2. The Morgan fingerprint density at radius 2 is 1.82 bits per heavy atom. The Morgan fingerprint density at radius 3 is 2.55 bits per heavy atom. The summed E-state index contributed by atoms with van der Waals surface area (Å²) in [4.78, 5) is 26.2. The Labute approximate surface area is 129 Å². The van der Waals surface area contributed by atoms with Crippen molar-refractivity contribution in [2.75, 3.05) is 10.2 Å². The second-order valence-electron chi connectivity index (χ2n) is 5.62. The molecule has 0 aliphatic carbocycles. The Bertz CT molecular complexity index is 739. The molecular weight excluding hydrogens is 276 g/mol. The number of benzene rings is 2. The van der Waals surface area contributed by atoms with Gasteiger partial charge in [0.25, 0.3) is 5.91 Å². The third kappa shape index (κ3) is 2.60. The van der Waals surface area contributed by atoms with Gasteiger partial charge >= 0.3 is 0 Å². The standard InChI is InChI=1S/C18H18N2O2/c1-12-6-5-8-14(10-12)19-15-11-17(21)20(18(15)22)16-9-4-3-7-13(16)2/h3-10,15,19H,11H2,1-2H3/t15-/m1/s1. The van der Waals surface area contributed by atoms with Crippen molar-refractivity contribution in [1.82, 2.24) is 0 Å². The van der Waals surface area contributed by atoms with Crippen molar-refractivity contribution in [2.24, 2.45) is 0 Å². The van der Waals surface area contributed by atoms with Crippen LogP contribution in [0.4, 0.5) is 11.4 Å². The van der Waals surface area contributed by atoms with E-state index in [1.54, 1.807) is 6.07 Å². The molecule has 1 atom stereocenters. The third-order valence-electron chi connectivity index (χ3n) is 3.86. The Kier molecular flexibility index (Phi) is 3.67. The minimum atomic E-state index is -0.506. The van der Waals surface area contributed by atoms with Crippen molar-refractivity contribution >= 4 is 23.2 Å². The zero-order valence-corrected chi connectivity index (χ0v) is 12.7. The molecule has 2 aromatic rings. The molecule has 2 aromatic carbocycles. The zero-order valence-electron chi connectivity index (χ0n) is 12.7. The highest BCUT2D eigenvalue weighted by atomic mass is 16.2. The molecule has 1 aliphatic rings. The zero-order chi connectivity index (χ0) is 15.7. The molecule has 3 rings (SSSR count). The number of anilines is 2. The summed E-state index contributed by atoms with van der Waals surface area (Å²) in [5.41, 5.74) is 3.56. The maximum Gasteiger partial charge on any atom is 0.256 e. The Hall–Kier alpha value is -2.62. The largest absolute Gasteiger partial charge is 0.373 e. The van der Waals surface area contributed by atoms with Crippen LogP contribution >= 0.6 is 0 Å². The van der Waals surface area contributed by atoms with E-state index < -0.39 is 6.04 Å². The highest BCUT2D eigenvalue weighted by molar-refractivity contribution is 6.23. The molecule has 1 N–H and O–H groups in total. The average molecular weight is 294 g/mol. The van der Waals surface area contributed by atoms with Crippen LogP contribution in [0.2, 0.25) is 0 Å². The van der Waals surface area contributed by atoms with Crippen LogP contribution in [0.15, 0.2) is 48.5 Å². The second kappa shape index (κ2) is 5.64. The molecule has 0 spiro atoms. The van der Waals surface area contributed by atoms with E-state index in [2.05, 4.69) is 5.32 Å². The van der Waals surface area contributed by atoms with Gasteiger partial charge in [-0.05, 0) is 43.2 Å². The molecule has 4 heteroatoms. The topological polar surface area (TPSA) is 49.4 Å². The first-order chi connectivity index (χ1) is 10.6. The molecule has 1 aliphatic heterocycles. The number of hydrogen-bond acceptors (Lipinski definition) is 3. The minimum Gasteiger partial charge on any atom is -0.373 e. The molecule has 0 saturated carbocycles. The molecule has 0 radical (unpaired) electrons. The SMILES string of the molecule is Cc1cccc(N[C@@H]2CC(=O)N(c3ccccc3C)C2=O)c1. The summed E-state index contributed by atoms with van der Waals surface area (Å²) < 4.78 is 0. The van der Waals surface area contributed by atoms with Crippen molar-refractivity contribution in [3.63, 3.8) is 0 Å². The summed E-state index contributed by atoms with van der Waals surface area (Å²) in [5, 5.41) is 3.17. The van der Waals surface area contributed by atoms with E-state index in [0.29, 0.717) is 5.69 Å². The molecule has 0 aromatic heterocycles. The van der Waals surface area contributed by atoms with Gasteiger partial charge in [0.2, 0.25) is 5.91 Å². The fraction of sp³-hybridized carbons (Fsp3) is 0.222. The number of hydrogen-bond donors (Lipinski definition) is 1. The van der Waals surface area contributed by atoms with Gasteiger partial charge in [0, 0.05) is 5.69 Å². The minimum absolute atomic E-state index is 0.163. The van der Waals surface area contributed by atoms with Crippen LogP contribution in [0.25, 0.3) is 0 Å². The number of carbonyl (C=O) groups is 2. The first-order valence-electron chi connectivity index (χ1n) is 7.32. The maximum atomic E-state index is 12.6. The van der Waals surface area contributed by atoms with E-state index >= 15 is 0 Å². The van der Waals surface area contributed by atoms with Crippen LogP contribution in [0.3, 0.4) is 0 Å². The van der Waals surface area contributed by atoms with E-state index in [4.69, 9.17) is 0 Å². The number of para-hydroxylation sites is 1. The van der Waals surface area contributed by atoms with E-state index in [1.165, 1.54) is 4.90 Å². The highest BCUT2D eigenvalue weighted by Crippen LogP contribution is 2.27. The predicted molar refractivity (Wildman–Crippen MR) is 86.9 cm³/mol. The van der Waals surface area contributed by atoms with E-state index in [1.807, 2.05) is 56.3 Å². The highest BCUT2D eigenvalue weighted by Gasteiger charge is 2.39. The summed E-state index contributed by atoms with van der Waals surface area (Å²) in [6, 6.07) is 14.7. The van der Waals surface area contributed by atoms with Crippen LogP contribution in [0, 0.1) is 13.8 Å². The fourth-order valence-electron chi connectivity index (χ4n) is 2.75. The lowest BCUT2D eigenvalue weighted by Gasteiger charge is -2.18. The van der Waals surface area contributed by atoms with E-state index in [0.717, 1.165) is 16.8 Å². The number of nitrogens with zero attached hydrogens (tertiary/aromatic N) is 1. The van der Waals surface area contributed by atoms with Gasteiger partial charge in [0.15, 0.2) is 0 Å². The predicted octanol–water partition coefficient (Wildman–Crippen LogP) is 3.05. The summed E-state index contributed by atoms with van der Waals surface area (Å²) in [6.45, 7) is 3.89. The van der Waals surface area contributed by atoms with Crippen LogP contribution < -0.4 is 10.2 Å². The maximum absolute atomic E-state index is 12.6. The molecule has 0 bridgehead atoms. The van der Waals surface area contributed by atoms with Crippen LogP contribution in [-0.4, -0.2) is 17.9 Å². The van der Waals surface area contributed by atoms with Gasteiger partial charge in [-0.25, -0.2) is 4.90 Å². The van der Waals surface area contributed by atoms with Crippen molar-refractivity contribution in [3.05, 3.63) is 59.7 Å². The van der Waals surface area contributed by atoms with Crippen molar-refractivity contribution in [2.45, 2.75) is 26.3 Å². The van der Waals surface area contributed by atoms with Crippen LogP contribution in [0.5, 0.6) is 0 Å². The Morgan fingerprint density at radius 1 is 1.05 bits per heavy atom. The molecule has 112 valence electrons. The number of amides is 2. The average Bonchev–Trinajstić information content (AvgIpc) is 2.74. The molecule has 1 saturated heterocycles. The van der Waals surface area contributed by atoms with Gasteiger partial charge in [0.05, 0.1) is 12.1 Å². The van der Waals surface area contributed by atoms with Gasteiger partial charge in [0.1, 0.15) is 6.04 Å². The lowest BCUT2D eigenvalue weighted by atomic mass is 10.2. The molecule has 4 nitrogen and oxygen atoms in total. The Balaban J connectivity index is 1.84. The summed E-state index contributed by atoms with van der Waals surface area (Å²) in [5.74, 6) is -0.356. The van der Waals surface area contributed by atoms with E-state index in [-0.39, 0.29) is 18.2 Å². The van der Waals surface area contributed by atoms with Gasteiger partial charge in [-0.1, -0.05) is 30.3 Å². The molecule has 0 unspecified atom stereocenters. The fourth-order valence-corrected chi connectivity index (χ4v) is 2.75. The van der Waals surface area contributed by atoms with Crippen molar-refractivity contribution < 1.29 is 9.59 Å². The second-order valence-corrected chi connectivity index (χ2v) is 5.62. The number of nitrogens with one attached hydrogen (secondary N) is 1. The first-order valence-corrected chi connectivity index (χ1v) is 7.32. The monoisotopic (exact) mass is 294 g/mol. The number of rotatable bonds is 3. The van der Waals surface area contributed by atoms with Crippen molar-refractivity contribution in [1.29, 1.82) is 0 Å². The first kappa shape index (κ1) is 14.3. The van der Waals surface area contributed by atoms with Gasteiger partial charge in [-0.2, -0.15) is 0 Å². The lowest BCUT2D eigenvalue weighted by molar-refractivity contribution is -0.121. The summed E-state index contributed by atoms with van der Waals surface area (Å²) in [7, 11) is 0. The number of aryl methyl sites for hydroxylation is 2. The number of carbonyl (C=O) groups excluding carboxylic acids is 2. The quantitative estimate of drug-likeness (QED) is 0.885. The third-order valence-corrected chi connectivity index (χ3v) is 3.86. The molecule has 1 heterocycles. The van der Waals surface area contributed by atoms with Crippen LogP contribution in [-0.2, 0) is 9.59 Å². The van der Waals surface area contributed by atoms with Gasteiger partial charge in [-0.3, -0.25) is 9.59 Å². The lowest BCUT2D eigenvalue weighted by Crippen LogP contribution is -2.35. The van der Waals surface area contributed by atoms with Gasteiger partial charge in [-0.15, -0.1) is 0 Å². The number of imide groups is 1.